The fourth-order valence-corrected chi connectivity index (χ4v) is 3.09. The highest BCUT2D eigenvalue weighted by Crippen LogP contribution is 2.27. The van der Waals surface area contributed by atoms with Gasteiger partial charge in [0.1, 0.15) is 0 Å². The van der Waals surface area contributed by atoms with E-state index in [9.17, 15) is 0 Å². The summed E-state index contributed by atoms with van der Waals surface area (Å²) >= 11 is 0. The lowest BCUT2D eigenvalue weighted by Crippen LogP contribution is -2.43. The monoisotopic (exact) mass is 471 g/mol. The molecule has 0 bridgehead atoms. The third-order valence-corrected chi connectivity index (χ3v) is 5.04. The molecule has 146 valence electrons. The van der Waals surface area contributed by atoms with Gasteiger partial charge in [-0.25, -0.2) is 4.99 Å². The molecule has 1 aliphatic heterocycles. The van der Waals surface area contributed by atoms with Crippen molar-refractivity contribution in [3.63, 3.8) is 0 Å². The van der Waals surface area contributed by atoms with E-state index in [1.54, 1.807) is 0 Å². The molecule has 26 heavy (non-hydrogen) atoms. The van der Waals surface area contributed by atoms with Gasteiger partial charge in [-0.2, -0.15) is 0 Å². The molecule has 6 heteroatoms. The average Bonchev–Trinajstić information content (AvgIpc) is 3.45. The van der Waals surface area contributed by atoms with Gasteiger partial charge in [0.15, 0.2) is 5.96 Å². The molecule has 3 rings (SSSR count). The Morgan fingerprint density at radius 2 is 1.69 bits per heavy atom. The van der Waals surface area contributed by atoms with Gasteiger partial charge in [0.2, 0.25) is 0 Å². The van der Waals surface area contributed by atoms with Crippen molar-refractivity contribution in [1.29, 1.82) is 0 Å². The standard InChI is InChI=1S/C20H33N5.HI/c1-3-21-20(22-14-17-4-5-17)23-15-18-6-8-19(9-7-18)16-25-12-10-24(2)11-13-25;/h6-9,17H,3-5,10-16H2,1-2H3,(H2,21,22,23);1H. The van der Waals surface area contributed by atoms with Crippen LogP contribution >= 0.6 is 24.0 Å². The average molecular weight is 471 g/mol. The van der Waals surface area contributed by atoms with E-state index in [1.807, 2.05) is 0 Å². The molecule has 2 aliphatic rings. The van der Waals surface area contributed by atoms with Crippen LogP contribution < -0.4 is 10.6 Å². The largest absolute Gasteiger partial charge is 0.357 e. The quantitative estimate of drug-likeness (QED) is 0.365. The summed E-state index contributed by atoms with van der Waals surface area (Å²) in [5.74, 6) is 1.80. The number of likely N-dealkylation sites (N-methyl/N-ethyl adjacent to an activating group) is 1. The smallest absolute Gasteiger partial charge is 0.191 e. The third kappa shape index (κ3) is 7.40. The summed E-state index contributed by atoms with van der Waals surface area (Å²) in [6.45, 7) is 10.5. The maximum atomic E-state index is 4.72. The molecule has 1 aliphatic carbocycles. The number of hydrogen-bond acceptors (Lipinski definition) is 3. The van der Waals surface area contributed by atoms with Crippen LogP contribution in [-0.4, -0.2) is 62.1 Å². The maximum Gasteiger partial charge on any atom is 0.191 e. The van der Waals surface area contributed by atoms with Crippen molar-refractivity contribution in [1.82, 2.24) is 20.4 Å². The van der Waals surface area contributed by atoms with E-state index in [0.29, 0.717) is 0 Å². The maximum absolute atomic E-state index is 4.72. The zero-order chi connectivity index (χ0) is 17.5. The summed E-state index contributed by atoms with van der Waals surface area (Å²) in [7, 11) is 2.20. The van der Waals surface area contributed by atoms with Gasteiger partial charge in [0.05, 0.1) is 6.54 Å². The van der Waals surface area contributed by atoms with Crippen molar-refractivity contribution in [3.05, 3.63) is 35.4 Å². The summed E-state index contributed by atoms with van der Waals surface area (Å²) in [5, 5.41) is 6.78. The molecular formula is C20H34IN5. The van der Waals surface area contributed by atoms with Crippen LogP contribution in [0.4, 0.5) is 0 Å². The number of rotatable bonds is 7. The highest BCUT2D eigenvalue weighted by Gasteiger charge is 2.21. The summed E-state index contributed by atoms with van der Waals surface area (Å²) < 4.78 is 0. The lowest BCUT2D eigenvalue weighted by atomic mass is 10.1. The van der Waals surface area contributed by atoms with Crippen LogP contribution in [-0.2, 0) is 13.1 Å². The van der Waals surface area contributed by atoms with Gasteiger partial charge in [0, 0.05) is 45.8 Å². The van der Waals surface area contributed by atoms with Gasteiger partial charge >= 0.3 is 0 Å². The number of hydrogen-bond donors (Lipinski definition) is 2. The summed E-state index contributed by atoms with van der Waals surface area (Å²) in [5.41, 5.74) is 2.67. The minimum Gasteiger partial charge on any atom is -0.357 e. The van der Waals surface area contributed by atoms with Crippen molar-refractivity contribution >= 4 is 29.9 Å². The van der Waals surface area contributed by atoms with Crippen molar-refractivity contribution in [2.75, 3.05) is 46.3 Å². The van der Waals surface area contributed by atoms with Crippen LogP contribution in [0.5, 0.6) is 0 Å². The van der Waals surface area contributed by atoms with E-state index in [-0.39, 0.29) is 24.0 Å². The molecule has 1 saturated heterocycles. The highest BCUT2D eigenvalue weighted by atomic mass is 127. The lowest BCUT2D eigenvalue weighted by Gasteiger charge is -2.32. The Kier molecular flexibility index (Phi) is 9.15. The van der Waals surface area contributed by atoms with Crippen LogP contribution in [0.25, 0.3) is 0 Å². The predicted molar refractivity (Wildman–Crippen MR) is 120 cm³/mol. The molecule has 0 spiro atoms. The van der Waals surface area contributed by atoms with Crippen molar-refractivity contribution in [2.45, 2.75) is 32.9 Å². The van der Waals surface area contributed by atoms with Gasteiger partial charge in [0.25, 0.3) is 0 Å². The molecule has 0 aromatic heterocycles. The Labute approximate surface area is 175 Å². The lowest BCUT2D eigenvalue weighted by molar-refractivity contribution is 0.148. The number of nitrogens with zero attached hydrogens (tertiary/aromatic N) is 3. The van der Waals surface area contributed by atoms with E-state index < -0.39 is 0 Å². The van der Waals surface area contributed by atoms with E-state index in [0.717, 1.165) is 38.1 Å². The van der Waals surface area contributed by atoms with E-state index in [2.05, 4.69) is 58.7 Å². The van der Waals surface area contributed by atoms with Gasteiger partial charge < -0.3 is 15.5 Å². The van der Waals surface area contributed by atoms with Crippen LogP contribution in [0.1, 0.15) is 30.9 Å². The first kappa shape index (κ1) is 21.4. The molecule has 0 radical (unpaired) electrons. The first-order valence-electron chi connectivity index (χ1n) is 9.74. The zero-order valence-corrected chi connectivity index (χ0v) is 18.5. The fraction of sp³-hybridized carbons (Fsp3) is 0.650. The molecule has 0 amide bonds. The summed E-state index contributed by atoms with van der Waals surface area (Å²) in [4.78, 5) is 9.66. The molecule has 5 nitrogen and oxygen atoms in total. The molecule has 2 fully saturated rings. The van der Waals surface area contributed by atoms with Gasteiger partial charge in [-0.3, -0.25) is 4.90 Å². The van der Waals surface area contributed by atoms with Crippen LogP contribution in [0.3, 0.4) is 0 Å². The third-order valence-electron chi connectivity index (χ3n) is 5.04. The van der Waals surface area contributed by atoms with Gasteiger partial charge in [-0.05, 0) is 43.9 Å². The molecule has 1 heterocycles. The molecule has 0 atom stereocenters. The Bertz CT molecular complexity index is 548. The SMILES string of the molecule is CCNC(=NCc1ccc(CN2CCN(C)CC2)cc1)NCC1CC1.I. The van der Waals surface area contributed by atoms with Crippen LogP contribution in [0.15, 0.2) is 29.3 Å². The van der Waals surface area contributed by atoms with Gasteiger partial charge in [-0.1, -0.05) is 24.3 Å². The van der Waals surface area contributed by atoms with E-state index in [1.165, 1.54) is 50.1 Å². The van der Waals surface area contributed by atoms with Crippen molar-refractivity contribution < 1.29 is 0 Å². The van der Waals surface area contributed by atoms with Gasteiger partial charge in [-0.15, -0.1) is 24.0 Å². The first-order valence-corrected chi connectivity index (χ1v) is 9.74. The second kappa shape index (κ2) is 11.1. The minimum absolute atomic E-state index is 0. The second-order valence-corrected chi connectivity index (χ2v) is 7.42. The number of guanidine groups is 1. The number of halogens is 1. The number of piperazine rings is 1. The Morgan fingerprint density at radius 1 is 1.04 bits per heavy atom. The minimum atomic E-state index is 0. The predicted octanol–water partition coefficient (Wildman–Crippen LogP) is 2.52. The van der Waals surface area contributed by atoms with Crippen LogP contribution in [0.2, 0.25) is 0 Å². The van der Waals surface area contributed by atoms with Crippen LogP contribution in [0, 0.1) is 5.92 Å². The first-order chi connectivity index (χ1) is 12.2. The molecule has 1 saturated carbocycles. The Hall–Kier alpha value is -0.860. The normalized spacial score (nSPS) is 19.1. The summed E-state index contributed by atoms with van der Waals surface area (Å²) in [6, 6.07) is 8.96. The molecule has 1 aromatic rings. The number of benzene rings is 1. The molecule has 2 N–H and O–H groups in total. The van der Waals surface area contributed by atoms with Crippen molar-refractivity contribution in [3.8, 4) is 0 Å². The highest BCUT2D eigenvalue weighted by molar-refractivity contribution is 14.0. The summed E-state index contributed by atoms with van der Waals surface area (Å²) in [6.07, 6.45) is 2.72. The molecule has 1 aromatic carbocycles. The number of aliphatic imine (C=N–C) groups is 1. The topological polar surface area (TPSA) is 42.9 Å². The fourth-order valence-electron chi connectivity index (χ4n) is 3.09. The van der Waals surface area contributed by atoms with E-state index >= 15 is 0 Å². The Morgan fingerprint density at radius 3 is 2.31 bits per heavy atom. The number of nitrogens with one attached hydrogen (secondary N) is 2. The second-order valence-electron chi connectivity index (χ2n) is 7.42. The molecular weight excluding hydrogens is 437 g/mol. The zero-order valence-electron chi connectivity index (χ0n) is 16.2. The molecule has 0 unspecified atom stereocenters. The van der Waals surface area contributed by atoms with Crippen molar-refractivity contribution in [2.24, 2.45) is 10.9 Å². The van der Waals surface area contributed by atoms with E-state index in [4.69, 9.17) is 4.99 Å². The Balaban J connectivity index is 0.00000243.